The number of amides is 1. The normalized spacial score (nSPS) is 20.8. The van der Waals surface area contributed by atoms with Gasteiger partial charge in [-0.2, -0.15) is 0 Å². The molecule has 118 valence electrons. The van der Waals surface area contributed by atoms with E-state index in [1.54, 1.807) is 0 Å². The minimum absolute atomic E-state index is 0.00774. The zero-order valence-corrected chi connectivity index (χ0v) is 13.4. The van der Waals surface area contributed by atoms with Gasteiger partial charge >= 0.3 is 0 Å². The highest BCUT2D eigenvalue weighted by Crippen LogP contribution is 2.36. The second kappa shape index (κ2) is 6.64. The van der Waals surface area contributed by atoms with Crippen LogP contribution in [0.5, 0.6) is 0 Å². The average Bonchev–Trinajstić information content (AvgIpc) is 2.51. The molecule has 1 aromatic rings. The van der Waals surface area contributed by atoms with Crippen LogP contribution in [0.25, 0.3) is 0 Å². The largest absolute Gasteiger partial charge is 0.334 e. The number of aryl methyl sites for hydroxylation is 1. The Labute approximate surface area is 132 Å². The summed E-state index contributed by atoms with van der Waals surface area (Å²) in [7, 11) is 0. The molecule has 0 radical (unpaired) electrons. The van der Waals surface area contributed by atoms with Gasteiger partial charge in [-0.05, 0) is 36.0 Å². The van der Waals surface area contributed by atoms with Crippen molar-refractivity contribution in [2.75, 3.05) is 6.54 Å². The van der Waals surface area contributed by atoms with Gasteiger partial charge in [0.1, 0.15) is 5.78 Å². The average molecular weight is 299 g/mol. The van der Waals surface area contributed by atoms with Gasteiger partial charge in [-0.1, -0.05) is 44.4 Å². The third-order valence-electron chi connectivity index (χ3n) is 4.97. The van der Waals surface area contributed by atoms with E-state index in [1.807, 2.05) is 4.90 Å². The Bertz CT molecular complexity index is 579. The predicted octanol–water partition coefficient (Wildman–Crippen LogP) is 3.60. The molecule has 1 unspecified atom stereocenters. The Kier molecular flexibility index (Phi) is 4.60. The molecule has 0 aliphatic carbocycles. The van der Waals surface area contributed by atoms with E-state index in [4.69, 9.17) is 0 Å². The van der Waals surface area contributed by atoms with Crippen molar-refractivity contribution in [2.24, 2.45) is 0 Å². The summed E-state index contributed by atoms with van der Waals surface area (Å²) in [6, 6.07) is 6.65. The van der Waals surface area contributed by atoms with Crippen LogP contribution in [0.3, 0.4) is 0 Å². The predicted molar refractivity (Wildman–Crippen MR) is 86.7 cm³/mol. The van der Waals surface area contributed by atoms with Gasteiger partial charge in [-0.15, -0.1) is 0 Å². The summed E-state index contributed by atoms with van der Waals surface area (Å²) in [6.45, 7) is 3.00. The third kappa shape index (κ3) is 3.08. The number of Topliss-reactive ketones (excluding diaryl/α,β-unsaturated/α-hetero) is 1. The number of fused-ring (bicyclic) bond motifs is 3. The van der Waals surface area contributed by atoms with Crippen LogP contribution in [0.2, 0.25) is 0 Å². The van der Waals surface area contributed by atoms with Crippen molar-refractivity contribution in [3.8, 4) is 0 Å². The van der Waals surface area contributed by atoms with Gasteiger partial charge in [0.15, 0.2) is 0 Å². The van der Waals surface area contributed by atoms with Gasteiger partial charge in [-0.3, -0.25) is 9.59 Å². The van der Waals surface area contributed by atoms with Crippen LogP contribution in [0.15, 0.2) is 18.2 Å². The summed E-state index contributed by atoms with van der Waals surface area (Å²) in [6.07, 6.45) is 7.78. The van der Waals surface area contributed by atoms with Crippen LogP contribution in [-0.4, -0.2) is 23.1 Å². The number of benzene rings is 1. The van der Waals surface area contributed by atoms with Crippen LogP contribution in [0.1, 0.15) is 68.2 Å². The van der Waals surface area contributed by atoms with Crippen LogP contribution in [0, 0.1) is 0 Å². The fourth-order valence-corrected chi connectivity index (χ4v) is 3.75. The summed E-state index contributed by atoms with van der Waals surface area (Å²) in [4.78, 5) is 25.7. The molecule has 3 rings (SSSR count). The molecule has 2 aliphatic rings. The van der Waals surface area contributed by atoms with Gasteiger partial charge in [0.2, 0.25) is 5.91 Å². The lowest BCUT2D eigenvalue weighted by Crippen LogP contribution is -2.45. The zero-order chi connectivity index (χ0) is 15.5. The topological polar surface area (TPSA) is 37.4 Å². The number of carbonyl (C=O) groups is 2. The smallest absolute Gasteiger partial charge is 0.230 e. The Morgan fingerprint density at radius 1 is 1.18 bits per heavy atom. The molecule has 1 fully saturated rings. The molecule has 1 amide bonds. The summed E-state index contributed by atoms with van der Waals surface area (Å²) >= 11 is 0. The Morgan fingerprint density at radius 3 is 2.86 bits per heavy atom. The first-order chi connectivity index (χ1) is 10.7. The van der Waals surface area contributed by atoms with Gasteiger partial charge in [0.05, 0.1) is 12.5 Å². The number of nitrogens with zero attached hydrogens (tertiary/aromatic N) is 1. The molecular weight excluding hydrogens is 274 g/mol. The van der Waals surface area contributed by atoms with E-state index >= 15 is 0 Å². The molecule has 3 nitrogen and oxygen atoms in total. The van der Waals surface area contributed by atoms with Crippen molar-refractivity contribution in [3.05, 3.63) is 34.9 Å². The molecule has 0 saturated carbocycles. The quantitative estimate of drug-likeness (QED) is 0.615. The molecule has 1 aromatic carbocycles. The van der Waals surface area contributed by atoms with E-state index in [0.29, 0.717) is 6.42 Å². The van der Waals surface area contributed by atoms with E-state index in [1.165, 1.54) is 42.4 Å². The molecule has 0 spiro atoms. The molecule has 3 heteroatoms. The first kappa shape index (κ1) is 15.3. The highest BCUT2D eigenvalue weighted by Gasteiger charge is 2.36. The molecule has 2 aliphatic heterocycles. The molecule has 0 N–H and O–H groups in total. The number of piperidine rings is 1. The van der Waals surface area contributed by atoms with Gasteiger partial charge in [0.25, 0.3) is 0 Å². The lowest BCUT2D eigenvalue weighted by Gasteiger charge is -2.40. The maximum absolute atomic E-state index is 12.0. The van der Waals surface area contributed by atoms with E-state index in [9.17, 15) is 9.59 Å². The second-order valence-electron chi connectivity index (χ2n) is 6.62. The summed E-state index contributed by atoms with van der Waals surface area (Å²) in [5.41, 5.74) is 3.94. The number of ketones is 1. The molecule has 0 aromatic heterocycles. The molecule has 22 heavy (non-hydrogen) atoms. The van der Waals surface area contributed by atoms with E-state index in [2.05, 4.69) is 25.1 Å². The van der Waals surface area contributed by atoms with Gasteiger partial charge < -0.3 is 4.90 Å². The lowest BCUT2D eigenvalue weighted by molar-refractivity contribution is -0.143. The molecule has 1 atom stereocenters. The van der Waals surface area contributed by atoms with Crippen LogP contribution in [0.4, 0.5) is 0 Å². The molecular formula is C19H25NO2. The minimum Gasteiger partial charge on any atom is -0.334 e. The minimum atomic E-state index is -0.00774. The van der Waals surface area contributed by atoms with Crippen LogP contribution < -0.4 is 0 Å². The van der Waals surface area contributed by atoms with Crippen molar-refractivity contribution in [1.29, 1.82) is 0 Å². The van der Waals surface area contributed by atoms with Gasteiger partial charge in [0, 0.05) is 13.0 Å². The Hall–Kier alpha value is -1.64. The number of hydrogen-bond donors (Lipinski definition) is 0. The number of carbonyl (C=O) groups excluding carboxylic acids is 2. The second-order valence-corrected chi connectivity index (χ2v) is 6.62. The molecule has 0 bridgehead atoms. The highest BCUT2D eigenvalue weighted by molar-refractivity contribution is 6.01. The number of rotatable bonds is 5. The first-order valence-electron chi connectivity index (χ1n) is 8.62. The number of hydrogen-bond acceptors (Lipinski definition) is 2. The maximum Gasteiger partial charge on any atom is 0.230 e. The van der Waals surface area contributed by atoms with E-state index < -0.39 is 0 Å². The van der Waals surface area contributed by atoms with Crippen molar-refractivity contribution < 1.29 is 9.59 Å². The summed E-state index contributed by atoms with van der Waals surface area (Å²) in [5, 5.41) is 0. The van der Waals surface area contributed by atoms with E-state index in [0.717, 1.165) is 19.4 Å². The van der Waals surface area contributed by atoms with E-state index in [-0.39, 0.29) is 24.2 Å². The van der Waals surface area contributed by atoms with Crippen molar-refractivity contribution in [3.63, 3.8) is 0 Å². The fraction of sp³-hybridized carbons (Fsp3) is 0.579. The monoisotopic (exact) mass is 299 g/mol. The summed E-state index contributed by atoms with van der Waals surface area (Å²) < 4.78 is 0. The van der Waals surface area contributed by atoms with Crippen molar-refractivity contribution >= 4 is 11.7 Å². The summed E-state index contributed by atoms with van der Waals surface area (Å²) in [5.74, 6) is 0.0956. The third-order valence-corrected chi connectivity index (χ3v) is 4.97. The Balaban J connectivity index is 1.74. The first-order valence-corrected chi connectivity index (χ1v) is 8.62. The molecule has 2 heterocycles. The van der Waals surface area contributed by atoms with Crippen LogP contribution >= 0.6 is 0 Å². The fourth-order valence-electron chi connectivity index (χ4n) is 3.75. The van der Waals surface area contributed by atoms with Crippen molar-refractivity contribution in [1.82, 2.24) is 4.90 Å². The zero-order valence-electron chi connectivity index (χ0n) is 13.4. The lowest BCUT2D eigenvalue weighted by atomic mass is 9.85. The maximum atomic E-state index is 12.0. The van der Waals surface area contributed by atoms with Crippen molar-refractivity contribution in [2.45, 2.75) is 64.3 Å². The molecule has 1 saturated heterocycles. The number of unbranched alkanes of at least 4 members (excludes halogenated alkanes) is 3. The highest BCUT2D eigenvalue weighted by atomic mass is 16.2. The SMILES string of the molecule is CCCCCCc1ccc2c(c1)CCN1C(=O)CC(=O)CC21. The van der Waals surface area contributed by atoms with Crippen LogP contribution in [-0.2, 0) is 22.4 Å². The van der Waals surface area contributed by atoms with Gasteiger partial charge in [-0.25, -0.2) is 0 Å². The standard InChI is InChI=1S/C19H25NO2/c1-2-3-4-5-6-14-7-8-17-15(11-14)9-10-20-18(17)12-16(21)13-19(20)22/h7-8,11,18H,2-6,9-10,12-13H2,1H3. The Morgan fingerprint density at radius 2 is 2.05 bits per heavy atom.